The molecule has 1 amide bonds. The number of hydrogen-bond donors (Lipinski definition) is 1. The van der Waals surface area contributed by atoms with E-state index in [4.69, 9.17) is 5.11 Å². The maximum atomic E-state index is 12.4. The van der Waals surface area contributed by atoms with Crippen molar-refractivity contribution in [1.82, 2.24) is 9.88 Å². The Balaban J connectivity index is 2.16. The van der Waals surface area contributed by atoms with Crippen LogP contribution >= 0.6 is 0 Å². The number of carbonyl (C=O) groups is 2. The number of carbonyl (C=O) groups excluding carboxylic acids is 1. The highest BCUT2D eigenvalue weighted by Gasteiger charge is 2.28. The summed E-state index contributed by atoms with van der Waals surface area (Å²) in [5, 5.41) is 8.94. The molecule has 1 aliphatic rings. The molecule has 2 rings (SSSR count). The average Bonchev–Trinajstić information content (AvgIpc) is 3.20. The maximum Gasteiger partial charge on any atom is 0.323 e. The third-order valence-corrected chi connectivity index (χ3v) is 3.24. The summed E-state index contributed by atoms with van der Waals surface area (Å²) in [6, 6.07) is 3.31. The van der Waals surface area contributed by atoms with E-state index < -0.39 is 5.97 Å². The fourth-order valence-electron chi connectivity index (χ4n) is 1.97. The Morgan fingerprint density at radius 2 is 2.10 bits per heavy atom. The van der Waals surface area contributed by atoms with Crippen molar-refractivity contribution in [2.24, 2.45) is 5.92 Å². The summed E-state index contributed by atoms with van der Waals surface area (Å²) < 4.78 is 0. The van der Waals surface area contributed by atoms with Gasteiger partial charge in [-0.2, -0.15) is 0 Å². The van der Waals surface area contributed by atoms with Gasteiger partial charge in [0, 0.05) is 32.4 Å². The third-order valence-electron chi connectivity index (χ3n) is 3.24. The molecule has 0 unspecified atom stereocenters. The van der Waals surface area contributed by atoms with Gasteiger partial charge in [0.1, 0.15) is 12.4 Å². The quantitative estimate of drug-likeness (QED) is 0.842. The maximum absolute atomic E-state index is 12.4. The predicted molar refractivity (Wildman–Crippen MR) is 74.8 cm³/mol. The van der Waals surface area contributed by atoms with Gasteiger partial charge in [0.05, 0.1) is 0 Å². The van der Waals surface area contributed by atoms with Crippen LogP contribution in [0.15, 0.2) is 18.3 Å². The number of carboxylic acid groups (broad SMARTS) is 1. The van der Waals surface area contributed by atoms with Crippen molar-refractivity contribution in [2.45, 2.75) is 12.8 Å². The van der Waals surface area contributed by atoms with E-state index in [1.54, 1.807) is 23.2 Å². The van der Waals surface area contributed by atoms with Crippen molar-refractivity contribution in [1.29, 1.82) is 0 Å². The van der Waals surface area contributed by atoms with Crippen LogP contribution in [0.5, 0.6) is 0 Å². The lowest BCUT2D eigenvalue weighted by Crippen LogP contribution is -2.37. The highest BCUT2D eigenvalue weighted by atomic mass is 16.4. The number of rotatable bonds is 6. The first-order valence-electron chi connectivity index (χ1n) is 6.62. The Morgan fingerprint density at radius 3 is 2.65 bits per heavy atom. The Labute approximate surface area is 118 Å². The molecule has 1 heterocycles. The summed E-state index contributed by atoms with van der Waals surface area (Å²) in [4.78, 5) is 30.7. The molecule has 1 fully saturated rings. The van der Waals surface area contributed by atoms with Crippen LogP contribution in [0.4, 0.5) is 5.82 Å². The second kappa shape index (κ2) is 5.90. The van der Waals surface area contributed by atoms with Crippen LogP contribution in [0.3, 0.4) is 0 Å². The number of nitrogens with zero attached hydrogens (tertiary/aromatic N) is 3. The summed E-state index contributed by atoms with van der Waals surface area (Å²) in [5.74, 6) is -0.100. The summed E-state index contributed by atoms with van der Waals surface area (Å²) >= 11 is 0. The molecule has 0 atom stereocenters. The lowest BCUT2D eigenvalue weighted by atomic mass is 10.2. The number of amides is 1. The molecule has 1 aliphatic carbocycles. The van der Waals surface area contributed by atoms with Gasteiger partial charge in [0.15, 0.2) is 0 Å². The Morgan fingerprint density at radius 1 is 1.40 bits per heavy atom. The molecule has 1 N–H and O–H groups in total. The second-order valence-corrected chi connectivity index (χ2v) is 5.32. The molecule has 0 aliphatic heterocycles. The molecule has 0 spiro atoms. The largest absolute Gasteiger partial charge is 0.480 e. The molecule has 1 saturated carbocycles. The SMILES string of the molecule is CN(C)c1cc(C(=O)N(CC(=O)O)CC2CC2)ccn1. The molecule has 20 heavy (non-hydrogen) atoms. The minimum Gasteiger partial charge on any atom is -0.480 e. The van der Waals surface area contributed by atoms with Gasteiger partial charge in [0.25, 0.3) is 5.91 Å². The summed E-state index contributed by atoms with van der Waals surface area (Å²) in [6.07, 6.45) is 3.71. The minimum atomic E-state index is -0.985. The van der Waals surface area contributed by atoms with Gasteiger partial charge in [-0.15, -0.1) is 0 Å². The van der Waals surface area contributed by atoms with Gasteiger partial charge in [-0.1, -0.05) is 0 Å². The predicted octanol–water partition coefficient (Wildman–Crippen LogP) is 1.08. The zero-order valence-electron chi connectivity index (χ0n) is 11.7. The first-order chi connectivity index (χ1) is 9.47. The van der Waals surface area contributed by atoms with Gasteiger partial charge in [-0.05, 0) is 30.9 Å². The summed E-state index contributed by atoms with van der Waals surface area (Å²) in [6.45, 7) is 0.264. The van der Waals surface area contributed by atoms with Gasteiger partial charge >= 0.3 is 5.97 Å². The van der Waals surface area contributed by atoms with E-state index in [0.717, 1.165) is 12.8 Å². The average molecular weight is 277 g/mol. The molecule has 1 aromatic rings. The zero-order chi connectivity index (χ0) is 14.7. The van der Waals surface area contributed by atoms with E-state index in [9.17, 15) is 9.59 Å². The van der Waals surface area contributed by atoms with Crippen molar-refractivity contribution in [3.05, 3.63) is 23.9 Å². The topological polar surface area (TPSA) is 73.7 Å². The molecular formula is C14H19N3O3. The molecule has 1 aromatic heterocycles. The van der Waals surface area contributed by atoms with Crippen molar-refractivity contribution in [3.63, 3.8) is 0 Å². The van der Waals surface area contributed by atoms with Gasteiger partial charge < -0.3 is 14.9 Å². The van der Waals surface area contributed by atoms with Crippen molar-refractivity contribution in [2.75, 3.05) is 32.1 Å². The fourth-order valence-corrected chi connectivity index (χ4v) is 1.97. The second-order valence-electron chi connectivity index (χ2n) is 5.32. The molecular weight excluding hydrogens is 258 g/mol. The van der Waals surface area contributed by atoms with Crippen molar-refractivity contribution in [3.8, 4) is 0 Å². The van der Waals surface area contributed by atoms with Crippen LogP contribution < -0.4 is 4.90 Å². The van der Waals surface area contributed by atoms with Gasteiger partial charge in [0.2, 0.25) is 0 Å². The number of aliphatic carboxylic acids is 1. The Kier molecular flexibility index (Phi) is 4.22. The molecule has 0 aromatic carbocycles. The first kappa shape index (κ1) is 14.3. The summed E-state index contributed by atoms with van der Waals surface area (Å²) in [7, 11) is 3.69. The number of pyridine rings is 1. The van der Waals surface area contributed by atoms with E-state index in [1.165, 1.54) is 4.90 Å². The molecule has 6 nitrogen and oxygen atoms in total. The first-order valence-corrected chi connectivity index (χ1v) is 6.62. The monoisotopic (exact) mass is 277 g/mol. The normalized spacial score (nSPS) is 13.9. The molecule has 0 bridgehead atoms. The number of anilines is 1. The van der Waals surface area contributed by atoms with Crippen LogP contribution in [-0.4, -0.2) is 54.1 Å². The number of aromatic nitrogens is 1. The van der Waals surface area contributed by atoms with E-state index in [1.807, 2.05) is 14.1 Å². The smallest absolute Gasteiger partial charge is 0.323 e. The van der Waals surface area contributed by atoms with Crippen molar-refractivity contribution >= 4 is 17.7 Å². The third kappa shape index (κ3) is 3.69. The lowest BCUT2D eigenvalue weighted by molar-refractivity contribution is -0.137. The van der Waals surface area contributed by atoms with E-state index in [2.05, 4.69) is 4.98 Å². The van der Waals surface area contributed by atoms with Gasteiger partial charge in [-0.25, -0.2) is 4.98 Å². The Hall–Kier alpha value is -2.11. The summed E-state index contributed by atoms with van der Waals surface area (Å²) in [5.41, 5.74) is 0.477. The standard InChI is InChI=1S/C14H19N3O3/c1-16(2)12-7-11(5-6-15-12)14(20)17(9-13(18)19)8-10-3-4-10/h5-7,10H,3-4,8-9H2,1-2H3,(H,18,19). The van der Waals surface area contributed by atoms with Crippen LogP contribution in [-0.2, 0) is 4.79 Å². The fraction of sp³-hybridized carbons (Fsp3) is 0.500. The number of hydrogen-bond acceptors (Lipinski definition) is 4. The Bertz CT molecular complexity index is 512. The molecule has 0 saturated heterocycles. The lowest BCUT2D eigenvalue weighted by Gasteiger charge is -2.21. The van der Waals surface area contributed by atoms with E-state index in [-0.39, 0.29) is 12.5 Å². The van der Waals surface area contributed by atoms with E-state index in [0.29, 0.717) is 23.8 Å². The van der Waals surface area contributed by atoms with Crippen LogP contribution in [0.25, 0.3) is 0 Å². The van der Waals surface area contributed by atoms with Crippen LogP contribution in [0, 0.1) is 5.92 Å². The van der Waals surface area contributed by atoms with Gasteiger partial charge in [-0.3, -0.25) is 9.59 Å². The molecule has 108 valence electrons. The molecule has 6 heteroatoms. The van der Waals surface area contributed by atoms with Crippen molar-refractivity contribution < 1.29 is 14.7 Å². The van der Waals surface area contributed by atoms with E-state index >= 15 is 0 Å². The van der Waals surface area contributed by atoms with Crippen LogP contribution in [0.2, 0.25) is 0 Å². The highest BCUT2D eigenvalue weighted by Crippen LogP contribution is 2.30. The highest BCUT2D eigenvalue weighted by molar-refractivity contribution is 5.96. The number of carboxylic acids is 1. The minimum absolute atomic E-state index is 0.246. The zero-order valence-corrected chi connectivity index (χ0v) is 11.7. The van der Waals surface area contributed by atoms with Crippen LogP contribution in [0.1, 0.15) is 23.2 Å². The molecule has 0 radical (unpaired) electrons.